The Morgan fingerprint density at radius 3 is 2.75 bits per heavy atom. The number of benzene rings is 1. The molecule has 0 saturated heterocycles. The molecule has 0 N–H and O–H groups in total. The summed E-state index contributed by atoms with van der Waals surface area (Å²) in [6, 6.07) is 4.76. The number of rotatable bonds is 2. The molecule has 0 spiro atoms. The fourth-order valence-electron chi connectivity index (χ4n) is 1.46. The zero-order valence-corrected chi connectivity index (χ0v) is 9.94. The third kappa shape index (κ3) is 1.98. The summed E-state index contributed by atoms with van der Waals surface area (Å²) in [4.78, 5) is 4.12. The predicted octanol–water partition coefficient (Wildman–Crippen LogP) is 3.83. The van der Waals surface area contributed by atoms with E-state index in [1.165, 1.54) is 13.2 Å². The van der Waals surface area contributed by atoms with Gasteiger partial charge in [-0.05, 0) is 18.2 Å². The van der Waals surface area contributed by atoms with Gasteiger partial charge in [-0.15, -0.1) is 0 Å². The minimum atomic E-state index is -0.556. The van der Waals surface area contributed by atoms with Gasteiger partial charge in [0.2, 0.25) is 0 Å². The van der Waals surface area contributed by atoms with Crippen molar-refractivity contribution in [3.05, 3.63) is 39.8 Å². The second kappa shape index (κ2) is 4.53. The number of methoxy groups -OCH3 is 1. The molecule has 1 aromatic heterocycles. The van der Waals surface area contributed by atoms with E-state index in [9.17, 15) is 4.39 Å². The van der Waals surface area contributed by atoms with Crippen LogP contribution in [-0.2, 0) is 11.3 Å². The summed E-state index contributed by atoms with van der Waals surface area (Å²) in [5.41, 5.74) is 0.744. The van der Waals surface area contributed by atoms with Crippen LogP contribution in [-0.4, -0.2) is 12.1 Å². The normalized spacial score (nSPS) is 11.0. The molecule has 0 unspecified atom stereocenters. The summed E-state index contributed by atoms with van der Waals surface area (Å²) < 4.78 is 18.6. The first-order valence-electron chi connectivity index (χ1n) is 4.55. The van der Waals surface area contributed by atoms with Gasteiger partial charge in [-0.1, -0.05) is 23.2 Å². The van der Waals surface area contributed by atoms with Crippen LogP contribution in [0.2, 0.25) is 10.0 Å². The molecule has 1 heterocycles. The largest absolute Gasteiger partial charge is 0.378 e. The Balaban J connectivity index is 2.73. The second-order valence-corrected chi connectivity index (χ2v) is 4.10. The lowest BCUT2D eigenvalue weighted by atomic mass is 10.2. The van der Waals surface area contributed by atoms with E-state index in [1.54, 1.807) is 12.1 Å². The van der Waals surface area contributed by atoms with Gasteiger partial charge in [-0.2, -0.15) is 0 Å². The first-order valence-corrected chi connectivity index (χ1v) is 5.31. The van der Waals surface area contributed by atoms with E-state index in [0.717, 1.165) is 0 Å². The van der Waals surface area contributed by atoms with Crippen molar-refractivity contribution in [3.63, 3.8) is 0 Å². The molecule has 84 valence electrons. The van der Waals surface area contributed by atoms with Crippen molar-refractivity contribution in [3.8, 4) is 0 Å². The lowest BCUT2D eigenvalue weighted by Crippen LogP contribution is -1.95. The molecule has 2 aromatic rings. The van der Waals surface area contributed by atoms with Crippen molar-refractivity contribution < 1.29 is 9.13 Å². The fraction of sp³-hybridized carbons (Fsp3) is 0.182. The maximum absolute atomic E-state index is 13.7. The van der Waals surface area contributed by atoms with Crippen molar-refractivity contribution in [1.82, 2.24) is 4.98 Å². The van der Waals surface area contributed by atoms with Gasteiger partial charge in [0, 0.05) is 12.5 Å². The Kier molecular flexibility index (Phi) is 3.28. The van der Waals surface area contributed by atoms with E-state index in [-0.39, 0.29) is 17.1 Å². The van der Waals surface area contributed by atoms with E-state index in [4.69, 9.17) is 27.9 Å². The molecule has 0 aliphatic carbocycles. The average molecular weight is 260 g/mol. The number of halogens is 3. The number of pyridine rings is 1. The van der Waals surface area contributed by atoms with E-state index in [2.05, 4.69) is 4.98 Å². The van der Waals surface area contributed by atoms with Gasteiger partial charge < -0.3 is 4.74 Å². The summed E-state index contributed by atoms with van der Waals surface area (Å²) in [6.07, 6.45) is 0. The second-order valence-electron chi connectivity index (χ2n) is 3.29. The topological polar surface area (TPSA) is 22.1 Å². The fourth-order valence-corrected chi connectivity index (χ4v) is 1.89. The average Bonchev–Trinajstić information content (AvgIpc) is 2.25. The summed E-state index contributed by atoms with van der Waals surface area (Å²) in [7, 11) is 1.54. The van der Waals surface area contributed by atoms with E-state index >= 15 is 0 Å². The van der Waals surface area contributed by atoms with Crippen LogP contribution in [0.4, 0.5) is 4.39 Å². The monoisotopic (exact) mass is 259 g/mol. The molecule has 0 aliphatic rings. The Hall–Kier alpha value is -0.900. The quantitative estimate of drug-likeness (QED) is 0.818. The van der Waals surface area contributed by atoms with Crippen molar-refractivity contribution in [2.45, 2.75) is 6.61 Å². The first-order chi connectivity index (χ1) is 7.63. The van der Waals surface area contributed by atoms with Gasteiger partial charge in [-0.3, -0.25) is 0 Å². The Labute approximate surface area is 102 Å². The van der Waals surface area contributed by atoms with Gasteiger partial charge in [0.15, 0.2) is 5.82 Å². The molecule has 0 fully saturated rings. The third-order valence-electron chi connectivity index (χ3n) is 2.17. The number of ether oxygens (including phenoxy) is 1. The van der Waals surface area contributed by atoms with Gasteiger partial charge in [0.05, 0.1) is 22.3 Å². The third-order valence-corrected chi connectivity index (χ3v) is 2.77. The number of fused-ring (bicyclic) bond motifs is 1. The van der Waals surface area contributed by atoms with Gasteiger partial charge >= 0.3 is 0 Å². The van der Waals surface area contributed by atoms with Crippen LogP contribution in [0.25, 0.3) is 10.9 Å². The van der Waals surface area contributed by atoms with Gasteiger partial charge in [0.25, 0.3) is 0 Å². The molecule has 0 atom stereocenters. The van der Waals surface area contributed by atoms with Crippen LogP contribution in [0, 0.1) is 5.82 Å². The van der Waals surface area contributed by atoms with E-state index < -0.39 is 5.82 Å². The summed E-state index contributed by atoms with van der Waals surface area (Å²) >= 11 is 11.7. The highest BCUT2D eigenvalue weighted by Gasteiger charge is 2.11. The Morgan fingerprint density at radius 1 is 1.31 bits per heavy atom. The molecule has 1 aromatic carbocycles. The SMILES string of the molecule is COCc1cc(Cl)c2ccc(Cl)c(F)c2n1. The zero-order chi connectivity index (χ0) is 11.7. The van der Waals surface area contributed by atoms with Crippen molar-refractivity contribution in [2.75, 3.05) is 7.11 Å². The van der Waals surface area contributed by atoms with Gasteiger partial charge in [-0.25, -0.2) is 9.37 Å². The number of nitrogens with zero attached hydrogens (tertiary/aromatic N) is 1. The minimum Gasteiger partial charge on any atom is -0.378 e. The number of aromatic nitrogens is 1. The molecular weight excluding hydrogens is 252 g/mol. The molecule has 0 saturated carbocycles. The molecular formula is C11H8Cl2FNO. The number of hydrogen-bond acceptors (Lipinski definition) is 2. The Bertz CT molecular complexity index is 545. The molecule has 2 rings (SSSR count). The van der Waals surface area contributed by atoms with Crippen molar-refractivity contribution in [1.29, 1.82) is 0 Å². The van der Waals surface area contributed by atoms with Crippen LogP contribution in [0.1, 0.15) is 5.69 Å². The predicted molar refractivity (Wildman–Crippen MR) is 62.4 cm³/mol. The maximum Gasteiger partial charge on any atom is 0.168 e. The Morgan fingerprint density at radius 2 is 2.06 bits per heavy atom. The molecule has 0 aliphatic heterocycles. The minimum absolute atomic E-state index is 0.0330. The lowest BCUT2D eigenvalue weighted by Gasteiger charge is -2.06. The summed E-state index contributed by atoms with van der Waals surface area (Å²) in [5.74, 6) is -0.556. The molecule has 5 heteroatoms. The first kappa shape index (κ1) is 11.6. The van der Waals surface area contributed by atoms with Crippen LogP contribution in [0.5, 0.6) is 0 Å². The molecule has 0 bridgehead atoms. The summed E-state index contributed by atoms with van der Waals surface area (Å²) in [6.45, 7) is 0.279. The van der Waals surface area contributed by atoms with E-state index in [0.29, 0.717) is 16.1 Å². The number of hydrogen-bond donors (Lipinski definition) is 0. The van der Waals surface area contributed by atoms with Crippen LogP contribution in [0.15, 0.2) is 18.2 Å². The van der Waals surface area contributed by atoms with Crippen LogP contribution in [0.3, 0.4) is 0 Å². The zero-order valence-electron chi connectivity index (χ0n) is 8.43. The molecule has 0 amide bonds. The van der Waals surface area contributed by atoms with Crippen LogP contribution < -0.4 is 0 Å². The van der Waals surface area contributed by atoms with Crippen LogP contribution >= 0.6 is 23.2 Å². The standard InChI is InChI=1S/C11H8Cl2FNO/c1-16-5-6-4-9(13)7-2-3-8(12)10(14)11(7)15-6/h2-4H,5H2,1H3. The van der Waals surface area contributed by atoms with Gasteiger partial charge in [0.1, 0.15) is 5.52 Å². The molecule has 2 nitrogen and oxygen atoms in total. The molecule has 16 heavy (non-hydrogen) atoms. The van der Waals surface area contributed by atoms with Crippen molar-refractivity contribution in [2.24, 2.45) is 0 Å². The molecule has 0 radical (unpaired) electrons. The van der Waals surface area contributed by atoms with E-state index in [1.807, 2.05) is 0 Å². The maximum atomic E-state index is 13.7. The van der Waals surface area contributed by atoms with Crippen molar-refractivity contribution >= 4 is 34.1 Å². The lowest BCUT2D eigenvalue weighted by molar-refractivity contribution is 0.182. The summed E-state index contributed by atoms with van der Waals surface area (Å²) in [5, 5.41) is 1.02. The highest BCUT2D eigenvalue weighted by Crippen LogP contribution is 2.28. The highest BCUT2D eigenvalue weighted by molar-refractivity contribution is 6.36. The highest BCUT2D eigenvalue weighted by atomic mass is 35.5. The smallest absolute Gasteiger partial charge is 0.168 e.